The van der Waals surface area contributed by atoms with Gasteiger partial charge in [0.2, 0.25) is 11.5 Å². The van der Waals surface area contributed by atoms with Gasteiger partial charge in [0.15, 0.2) is 5.82 Å². The zero-order valence-electron chi connectivity index (χ0n) is 8.10. The fourth-order valence-corrected chi connectivity index (χ4v) is 1.32. The minimum Gasteiger partial charge on any atom is -0.379 e. The Kier molecular flexibility index (Phi) is 1.43. The van der Waals surface area contributed by atoms with Gasteiger partial charge >= 0.3 is 0 Å². The summed E-state index contributed by atoms with van der Waals surface area (Å²) in [5.74, 6) is 1.11. The van der Waals surface area contributed by atoms with Crippen LogP contribution in [-0.2, 0) is 5.41 Å². The molecule has 3 rings (SSSR count). The maximum atomic E-state index is 5.51. The molecule has 1 aliphatic carbocycles. The molecule has 1 fully saturated rings. The monoisotopic (exact) mass is 207 g/mol. The Morgan fingerprint density at radius 2 is 2.07 bits per heavy atom. The summed E-state index contributed by atoms with van der Waals surface area (Å²) in [4.78, 5) is 4.23. The molecule has 0 atom stereocenters. The Hall–Kier alpha value is -1.92. The Bertz CT molecular complexity index is 499. The molecule has 0 saturated heterocycles. The third kappa shape index (κ3) is 1.19. The second-order valence-electron chi connectivity index (χ2n) is 3.98. The summed E-state index contributed by atoms with van der Waals surface area (Å²) < 4.78 is 9.51. The molecule has 0 aromatic carbocycles. The van der Waals surface area contributed by atoms with Crippen LogP contribution in [0.5, 0.6) is 0 Å². The third-order valence-corrected chi connectivity index (χ3v) is 2.68. The van der Waals surface area contributed by atoms with E-state index < -0.39 is 0 Å². The van der Waals surface area contributed by atoms with E-state index in [1.54, 1.807) is 0 Å². The first-order chi connectivity index (χ1) is 7.19. The van der Waals surface area contributed by atoms with Crippen molar-refractivity contribution in [3.05, 3.63) is 5.82 Å². The highest BCUT2D eigenvalue weighted by atomic mass is 16.6. The average molecular weight is 207 g/mol. The lowest BCUT2D eigenvalue weighted by Crippen LogP contribution is -2.01. The number of nitrogens with two attached hydrogens (primary N) is 1. The number of hydrogen-bond acceptors (Lipinski definition) is 7. The predicted octanol–water partition coefficient (Wildman–Crippen LogP) is 0.753. The van der Waals surface area contributed by atoms with E-state index in [0.717, 1.165) is 12.8 Å². The Morgan fingerprint density at radius 3 is 2.67 bits per heavy atom. The Labute approximate surface area is 84.6 Å². The molecule has 0 bridgehead atoms. The number of hydrogen-bond donors (Lipinski definition) is 1. The molecule has 0 spiro atoms. The maximum Gasteiger partial charge on any atom is 0.284 e. The summed E-state index contributed by atoms with van der Waals surface area (Å²) >= 11 is 0. The molecular formula is C8H9N5O2. The highest BCUT2D eigenvalue weighted by Gasteiger charge is 2.43. The van der Waals surface area contributed by atoms with E-state index in [2.05, 4.69) is 32.0 Å². The van der Waals surface area contributed by atoms with Gasteiger partial charge in [-0.3, -0.25) is 0 Å². The Balaban J connectivity index is 2.01. The van der Waals surface area contributed by atoms with Gasteiger partial charge in [-0.05, 0) is 23.2 Å². The average Bonchev–Trinajstić information content (AvgIpc) is 2.70. The van der Waals surface area contributed by atoms with Gasteiger partial charge in [-0.1, -0.05) is 12.1 Å². The maximum absolute atomic E-state index is 5.51. The number of nitrogen functional groups attached to an aromatic ring is 1. The van der Waals surface area contributed by atoms with Gasteiger partial charge in [-0.25, -0.2) is 4.63 Å². The first kappa shape index (κ1) is 8.39. The lowest BCUT2D eigenvalue weighted by atomic mass is 10.1. The van der Waals surface area contributed by atoms with E-state index in [0.29, 0.717) is 11.5 Å². The van der Waals surface area contributed by atoms with E-state index in [1.165, 1.54) is 0 Å². The number of anilines is 1. The van der Waals surface area contributed by atoms with Crippen molar-refractivity contribution < 1.29 is 9.15 Å². The van der Waals surface area contributed by atoms with Crippen LogP contribution < -0.4 is 5.73 Å². The summed E-state index contributed by atoms with van der Waals surface area (Å²) in [5.41, 5.74) is 5.88. The van der Waals surface area contributed by atoms with Gasteiger partial charge in [0.05, 0.1) is 0 Å². The van der Waals surface area contributed by atoms with Crippen molar-refractivity contribution in [2.75, 3.05) is 5.73 Å². The first-order valence-corrected chi connectivity index (χ1v) is 4.62. The molecule has 15 heavy (non-hydrogen) atoms. The number of aromatic nitrogens is 4. The van der Waals surface area contributed by atoms with E-state index in [9.17, 15) is 0 Å². The van der Waals surface area contributed by atoms with Crippen molar-refractivity contribution in [2.24, 2.45) is 0 Å². The number of rotatable bonds is 2. The molecule has 1 aliphatic rings. The van der Waals surface area contributed by atoms with Crippen molar-refractivity contribution in [3.8, 4) is 11.6 Å². The fourth-order valence-electron chi connectivity index (χ4n) is 1.32. The van der Waals surface area contributed by atoms with Gasteiger partial charge < -0.3 is 10.3 Å². The molecule has 2 heterocycles. The molecule has 0 radical (unpaired) electrons. The van der Waals surface area contributed by atoms with Crippen LogP contribution in [0.1, 0.15) is 25.6 Å². The first-order valence-electron chi connectivity index (χ1n) is 4.62. The van der Waals surface area contributed by atoms with E-state index >= 15 is 0 Å². The van der Waals surface area contributed by atoms with Crippen molar-refractivity contribution in [2.45, 2.75) is 25.2 Å². The molecule has 7 nitrogen and oxygen atoms in total. The highest BCUT2D eigenvalue weighted by molar-refractivity contribution is 5.60. The fraction of sp³-hybridized carbons (Fsp3) is 0.500. The van der Waals surface area contributed by atoms with Gasteiger partial charge in [0, 0.05) is 5.41 Å². The number of nitrogens with zero attached hydrogens (tertiary/aromatic N) is 4. The molecule has 2 aromatic rings. The minimum atomic E-state index is 0.0632. The van der Waals surface area contributed by atoms with Gasteiger partial charge in [0.1, 0.15) is 0 Å². The normalized spacial score (nSPS) is 17.9. The minimum absolute atomic E-state index is 0.0632. The lowest BCUT2D eigenvalue weighted by Gasteiger charge is -1.96. The van der Waals surface area contributed by atoms with Crippen LogP contribution in [0.15, 0.2) is 9.15 Å². The second-order valence-corrected chi connectivity index (χ2v) is 3.98. The summed E-state index contributed by atoms with van der Waals surface area (Å²) in [6, 6.07) is 0. The molecular weight excluding hydrogens is 198 g/mol. The quantitative estimate of drug-likeness (QED) is 0.774. The molecule has 0 aliphatic heterocycles. The van der Waals surface area contributed by atoms with Crippen molar-refractivity contribution in [1.29, 1.82) is 0 Å². The van der Waals surface area contributed by atoms with Crippen LogP contribution in [0.3, 0.4) is 0 Å². The molecule has 2 aromatic heterocycles. The van der Waals surface area contributed by atoms with E-state index in [-0.39, 0.29) is 17.1 Å². The van der Waals surface area contributed by atoms with Crippen LogP contribution >= 0.6 is 0 Å². The van der Waals surface area contributed by atoms with Gasteiger partial charge in [-0.2, -0.15) is 4.98 Å². The van der Waals surface area contributed by atoms with Gasteiger partial charge in [-0.15, -0.1) is 0 Å². The van der Waals surface area contributed by atoms with Crippen molar-refractivity contribution >= 4 is 5.82 Å². The second kappa shape index (κ2) is 2.56. The topological polar surface area (TPSA) is 104 Å². The SMILES string of the molecule is CC1(c2noc(-c3nonc3N)n2)CC1. The smallest absolute Gasteiger partial charge is 0.284 e. The van der Waals surface area contributed by atoms with Crippen LogP contribution in [0, 0.1) is 0 Å². The van der Waals surface area contributed by atoms with E-state index in [4.69, 9.17) is 10.3 Å². The predicted molar refractivity (Wildman–Crippen MR) is 48.6 cm³/mol. The van der Waals surface area contributed by atoms with Crippen LogP contribution in [0.25, 0.3) is 11.6 Å². The lowest BCUT2D eigenvalue weighted by molar-refractivity contribution is 0.308. The largest absolute Gasteiger partial charge is 0.379 e. The van der Waals surface area contributed by atoms with Crippen molar-refractivity contribution in [1.82, 2.24) is 20.5 Å². The molecule has 1 saturated carbocycles. The summed E-state index contributed by atoms with van der Waals surface area (Å²) in [6.45, 7) is 2.09. The van der Waals surface area contributed by atoms with E-state index in [1.807, 2.05) is 0 Å². The molecule has 0 amide bonds. The van der Waals surface area contributed by atoms with Crippen LogP contribution in [0.2, 0.25) is 0 Å². The molecule has 78 valence electrons. The standard InChI is InChI=1S/C8H9N5O2/c1-8(2-3-8)7-10-6(14-13-7)4-5(9)12-15-11-4/h2-3H2,1H3,(H2,9,12). The third-order valence-electron chi connectivity index (χ3n) is 2.68. The molecule has 2 N–H and O–H groups in total. The Morgan fingerprint density at radius 1 is 1.27 bits per heavy atom. The highest BCUT2D eigenvalue weighted by Crippen LogP contribution is 2.46. The summed E-state index contributed by atoms with van der Waals surface area (Å²) in [7, 11) is 0. The van der Waals surface area contributed by atoms with Crippen LogP contribution in [-0.4, -0.2) is 20.5 Å². The molecule has 7 heteroatoms. The zero-order valence-corrected chi connectivity index (χ0v) is 8.10. The van der Waals surface area contributed by atoms with Gasteiger partial charge in [0.25, 0.3) is 5.89 Å². The summed E-state index contributed by atoms with van der Waals surface area (Å²) in [5, 5.41) is 10.9. The summed E-state index contributed by atoms with van der Waals surface area (Å²) in [6.07, 6.45) is 2.16. The molecule has 0 unspecified atom stereocenters. The zero-order chi connectivity index (χ0) is 10.5. The van der Waals surface area contributed by atoms with Crippen LogP contribution in [0.4, 0.5) is 5.82 Å². The van der Waals surface area contributed by atoms with Crippen molar-refractivity contribution in [3.63, 3.8) is 0 Å².